The van der Waals surface area contributed by atoms with Crippen molar-refractivity contribution in [3.05, 3.63) is 29.8 Å². The van der Waals surface area contributed by atoms with Gasteiger partial charge in [0.25, 0.3) is 0 Å². The summed E-state index contributed by atoms with van der Waals surface area (Å²) in [5, 5.41) is 0. The molecule has 0 saturated carbocycles. The molecule has 0 saturated heterocycles. The third-order valence-electron chi connectivity index (χ3n) is 1.89. The van der Waals surface area contributed by atoms with E-state index in [1.165, 1.54) is 0 Å². The Balaban J connectivity index is 2.61. The van der Waals surface area contributed by atoms with Gasteiger partial charge in [-0.25, -0.2) is 0 Å². The van der Waals surface area contributed by atoms with Gasteiger partial charge < -0.3 is 4.74 Å². The van der Waals surface area contributed by atoms with Gasteiger partial charge >= 0.3 is 0 Å². The third-order valence-corrected chi connectivity index (χ3v) is 2.19. The van der Waals surface area contributed by atoms with Crippen molar-refractivity contribution >= 4 is 17.4 Å². The maximum absolute atomic E-state index is 10.9. The number of ketones is 1. The monoisotopic (exact) mass is 212 g/mol. The van der Waals surface area contributed by atoms with E-state index in [4.69, 9.17) is 16.3 Å². The highest BCUT2D eigenvalue weighted by Gasteiger charge is 2.03. The number of rotatable bonds is 5. The highest BCUT2D eigenvalue weighted by atomic mass is 35.5. The van der Waals surface area contributed by atoms with Gasteiger partial charge in [-0.15, -0.1) is 11.6 Å². The molecule has 0 amide bonds. The molecule has 0 aromatic heterocycles. The lowest BCUT2D eigenvalue weighted by Gasteiger charge is -2.08. The number of carbonyl (C=O) groups is 1. The Morgan fingerprint density at radius 2 is 2.14 bits per heavy atom. The summed E-state index contributed by atoms with van der Waals surface area (Å²) < 4.78 is 5.35. The Labute approximate surface area is 88.8 Å². The Bertz CT molecular complexity index is 310. The quantitative estimate of drug-likeness (QED) is 0.701. The lowest BCUT2D eigenvalue weighted by Crippen LogP contribution is -2.12. The van der Waals surface area contributed by atoms with Crippen LogP contribution in [0.4, 0.5) is 0 Å². The molecule has 1 aromatic carbocycles. The predicted octanol–water partition coefficient (Wildman–Crippen LogP) is 2.44. The molecule has 76 valence electrons. The van der Waals surface area contributed by atoms with Crippen LogP contribution in [0.5, 0.6) is 5.75 Å². The zero-order valence-corrected chi connectivity index (χ0v) is 8.88. The second-order valence-electron chi connectivity index (χ2n) is 2.92. The van der Waals surface area contributed by atoms with Crippen molar-refractivity contribution in [2.24, 2.45) is 0 Å². The first-order chi connectivity index (χ1) is 6.77. The van der Waals surface area contributed by atoms with Gasteiger partial charge in [-0.2, -0.15) is 0 Å². The molecule has 1 aromatic rings. The highest BCUT2D eigenvalue weighted by Crippen LogP contribution is 2.17. The van der Waals surface area contributed by atoms with Crippen LogP contribution < -0.4 is 4.74 Å². The minimum atomic E-state index is -0.0995. The smallest absolute Gasteiger partial charge is 0.184 e. The van der Waals surface area contributed by atoms with Crippen LogP contribution in [0.2, 0.25) is 0 Å². The molecule has 0 atom stereocenters. The first kappa shape index (κ1) is 11.1. The molecule has 0 fully saturated rings. The lowest BCUT2D eigenvalue weighted by atomic mass is 10.1. The number of hydrogen-bond acceptors (Lipinski definition) is 2. The first-order valence-corrected chi connectivity index (χ1v) is 5.09. The predicted molar refractivity (Wildman–Crippen MR) is 57.0 cm³/mol. The van der Waals surface area contributed by atoms with E-state index in [0.717, 1.165) is 17.7 Å². The van der Waals surface area contributed by atoms with Crippen molar-refractivity contribution in [2.45, 2.75) is 13.3 Å². The molecule has 0 bridgehead atoms. The maximum Gasteiger partial charge on any atom is 0.184 e. The molecular weight excluding hydrogens is 200 g/mol. The van der Waals surface area contributed by atoms with E-state index in [-0.39, 0.29) is 18.3 Å². The van der Waals surface area contributed by atoms with Gasteiger partial charge in [-0.05, 0) is 18.1 Å². The number of ether oxygens (including phenoxy) is 1. The van der Waals surface area contributed by atoms with Crippen molar-refractivity contribution in [3.63, 3.8) is 0 Å². The van der Waals surface area contributed by atoms with E-state index < -0.39 is 0 Å². The van der Waals surface area contributed by atoms with Gasteiger partial charge in [0.1, 0.15) is 12.4 Å². The summed E-state index contributed by atoms with van der Waals surface area (Å²) in [6, 6.07) is 7.69. The summed E-state index contributed by atoms with van der Waals surface area (Å²) in [5.41, 5.74) is 1.11. The third kappa shape index (κ3) is 3.04. The van der Waals surface area contributed by atoms with Crippen LogP contribution in [0.15, 0.2) is 24.3 Å². The Morgan fingerprint density at radius 1 is 1.43 bits per heavy atom. The molecule has 0 aliphatic heterocycles. The van der Waals surface area contributed by atoms with Crippen LogP contribution in [-0.2, 0) is 11.2 Å². The molecule has 14 heavy (non-hydrogen) atoms. The van der Waals surface area contributed by atoms with Crippen LogP contribution >= 0.6 is 11.6 Å². The van der Waals surface area contributed by atoms with Crippen molar-refractivity contribution in [1.82, 2.24) is 0 Å². The van der Waals surface area contributed by atoms with Gasteiger partial charge in [0.05, 0.1) is 5.88 Å². The van der Waals surface area contributed by atoms with Crippen LogP contribution in [0.1, 0.15) is 12.5 Å². The van der Waals surface area contributed by atoms with Crippen molar-refractivity contribution in [2.75, 3.05) is 12.5 Å². The van der Waals surface area contributed by atoms with Crippen molar-refractivity contribution in [1.29, 1.82) is 0 Å². The number of benzene rings is 1. The molecule has 2 nitrogen and oxygen atoms in total. The van der Waals surface area contributed by atoms with Crippen molar-refractivity contribution < 1.29 is 9.53 Å². The van der Waals surface area contributed by atoms with Gasteiger partial charge in [-0.1, -0.05) is 25.1 Å². The van der Waals surface area contributed by atoms with Crippen LogP contribution in [0.3, 0.4) is 0 Å². The standard InChI is InChI=1S/C11H13ClO2/c1-2-9-5-3-4-6-11(9)14-8-10(13)7-12/h3-6H,2,7-8H2,1H3. The average Bonchev–Trinajstić information content (AvgIpc) is 2.26. The number of alkyl halides is 1. The Kier molecular flexibility index (Phi) is 4.47. The van der Waals surface area contributed by atoms with Gasteiger partial charge in [0.15, 0.2) is 5.78 Å². The zero-order chi connectivity index (χ0) is 10.4. The summed E-state index contributed by atoms with van der Waals surface area (Å²) in [7, 11) is 0. The number of Topliss-reactive ketones (excluding diaryl/α,β-unsaturated/α-hetero) is 1. The van der Waals surface area contributed by atoms with Gasteiger partial charge in [0.2, 0.25) is 0 Å². The zero-order valence-electron chi connectivity index (χ0n) is 8.13. The van der Waals surface area contributed by atoms with Crippen LogP contribution in [0, 0.1) is 0 Å². The summed E-state index contributed by atoms with van der Waals surface area (Å²) in [5.74, 6) is 0.680. The topological polar surface area (TPSA) is 26.3 Å². The molecule has 0 heterocycles. The van der Waals surface area contributed by atoms with E-state index >= 15 is 0 Å². The Morgan fingerprint density at radius 3 is 2.79 bits per heavy atom. The second kappa shape index (κ2) is 5.66. The minimum Gasteiger partial charge on any atom is -0.486 e. The molecule has 3 heteroatoms. The normalized spacial score (nSPS) is 9.86. The van der Waals surface area contributed by atoms with E-state index in [1.807, 2.05) is 31.2 Å². The van der Waals surface area contributed by atoms with E-state index in [0.29, 0.717) is 0 Å². The number of hydrogen-bond donors (Lipinski definition) is 0. The molecule has 0 aliphatic rings. The van der Waals surface area contributed by atoms with Gasteiger partial charge in [-0.3, -0.25) is 4.79 Å². The Hall–Kier alpha value is -1.02. The largest absolute Gasteiger partial charge is 0.486 e. The van der Waals surface area contributed by atoms with E-state index in [1.54, 1.807) is 0 Å². The number of aryl methyl sites for hydroxylation is 1. The number of halogens is 1. The highest BCUT2D eigenvalue weighted by molar-refractivity contribution is 6.27. The molecule has 0 N–H and O–H groups in total. The molecule has 0 radical (unpaired) electrons. The van der Waals surface area contributed by atoms with Gasteiger partial charge in [0, 0.05) is 0 Å². The molecular formula is C11H13ClO2. The number of para-hydroxylation sites is 1. The SMILES string of the molecule is CCc1ccccc1OCC(=O)CCl. The van der Waals surface area contributed by atoms with Crippen molar-refractivity contribution in [3.8, 4) is 5.75 Å². The molecule has 1 rings (SSSR count). The first-order valence-electron chi connectivity index (χ1n) is 4.56. The lowest BCUT2D eigenvalue weighted by molar-refractivity contribution is -0.118. The van der Waals surface area contributed by atoms with E-state index in [9.17, 15) is 4.79 Å². The number of carbonyl (C=O) groups excluding carboxylic acids is 1. The van der Waals surface area contributed by atoms with E-state index in [2.05, 4.69) is 0 Å². The summed E-state index contributed by atoms with van der Waals surface area (Å²) in [4.78, 5) is 10.9. The summed E-state index contributed by atoms with van der Waals surface area (Å²) in [6.07, 6.45) is 0.894. The fraction of sp³-hybridized carbons (Fsp3) is 0.364. The summed E-state index contributed by atoms with van der Waals surface area (Å²) >= 11 is 5.36. The molecule has 0 aliphatic carbocycles. The summed E-state index contributed by atoms with van der Waals surface area (Å²) in [6.45, 7) is 2.10. The van der Waals surface area contributed by atoms with Crippen LogP contribution in [-0.4, -0.2) is 18.3 Å². The maximum atomic E-state index is 10.9. The second-order valence-corrected chi connectivity index (χ2v) is 3.19. The van der Waals surface area contributed by atoms with Crippen LogP contribution in [0.25, 0.3) is 0 Å². The molecule has 0 unspecified atom stereocenters. The minimum absolute atomic E-state index is 0.00823. The molecule has 0 spiro atoms. The average molecular weight is 213 g/mol. The fourth-order valence-corrected chi connectivity index (χ4v) is 1.21. The fourth-order valence-electron chi connectivity index (χ4n) is 1.13.